The van der Waals surface area contributed by atoms with E-state index in [0.29, 0.717) is 6.04 Å². The molecule has 19 heavy (non-hydrogen) atoms. The van der Waals surface area contributed by atoms with E-state index in [1.165, 1.54) is 41.8 Å². The maximum atomic E-state index is 4.69. The fraction of sp³-hybridized carbons (Fsp3) is 0.562. The van der Waals surface area contributed by atoms with Gasteiger partial charge in [-0.25, -0.2) is 4.98 Å². The Labute approximate surface area is 119 Å². The van der Waals surface area contributed by atoms with Crippen molar-refractivity contribution in [3.8, 4) is 0 Å². The van der Waals surface area contributed by atoms with Crippen LogP contribution in [0.5, 0.6) is 0 Å². The van der Waals surface area contributed by atoms with Crippen molar-refractivity contribution >= 4 is 21.6 Å². The number of nitrogens with zero attached hydrogens (tertiary/aromatic N) is 1. The molecule has 0 spiro atoms. The summed E-state index contributed by atoms with van der Waals surface area (Å²) in [6.45, 7) is 3.25. The van der Waals surface area contributed by atoms with Gasteiger partial charge in [-0.05, 0) is 37.8 Å². The maximum Gasteiger partial charge on any atom is 0.108 e. The normalized spacial score (nSPS) is 18.8. The Balaban J connectivity index is 1.58. The van der Waals surface area contributed by atoms with Crippen LogP contribution in [0.1, 0.15) is 44.0 Å². The smallest absolute Gasteiger partial charge is 0.108 e. The number of benzene rings is 1. The van der Waals surface area contributed by atoms with Gasteiger partial charge in [0.25, 0.3) is 0 Å². The van der Waals surface area contributed by atoms with Crippen LogP contribution < -0.4 is 5.32 Å². The number of rotatable bonds is 4. The molecule has 1 atom stereocenters. The first-order chi connectivity index (χ1) is 9.33. The fourth-order valence-corrected chi connectivity index (χ4v) is 3.96. The van der Waals surface area contributed by atoms with E-state index in [-0.39, 0.29) is 0 Å². The largest absolute Gasteiger partial charge is 0.308 e. The summed E-state index contributed by atoms with van der Waals surface area (Å²) in [7, 11) is 0. The molecule has 3 heteroatoms. The first kappa shape index (κ1) is 13.1. The van der Waals surface area contributed by atoms with Crippen molar-refractivity contribution in [2.75, 3.05) is 0 Å². The molecule has 0 saturated heterocycles. The fourth-order valence-electron chi connectivity index (χ4n) is 3.04. The lowest BCUT2D eigenvalue weighted by Crippen LogP contribution is -2.34. The molecule has 1 aromatic heterocycles. The molecule has 0 radical (unpaired) electrons. The molecule has 0 bridgehead atoms. The van der Waals surface area contributed by atoms with E-state index >= 15 is 0 Å². The molecule has 1 fully saturated rings. The van der Waals surface area contributed by atoms with E-state index in [2.05, 4.69) is 41.5 Å². The first-order valence-corrected chi connectivity index (χ1v) is 8.22. The van der Waals surface area contributed by atoms with Crippen LogP contribution in [-0.2, 0) is 6.54 Å². The lowest BCUT2D eigenvalue weighted by molar-refractivity contribution is 0.280. The highest BCUT2D eigenvalue weighted by Gasteiger charge is 2.19. The molecular formula is C16H22N2S. The van der Waals surface area contributed by atoms with Crippen LogP contribution in [0.25, 0.3) is 10.2 Å². The Bertz CT molecular complexity index is 495. The predicted octanol–water partition coefficient (Wildman–Crippen LogP) is 4.35. The number of hydrogen-bond acceptors (Lipinski definition) is 3. The Morgan fingerprint density at radius 1 is 1.26 bits per heavy atom. The number of fused-ring (bicyclic) bond motifs is 1. The summed E-state index contributed by atoms with van der Waals surface area (Å²) in [6, 6.07) is 9.01. The highest BCUT2D eigenvalue weighted by Crippen LogP contribution is 2.27. The van der Waals surface area contributed by atoms with Crippen LogP contribution in [0.3, 0.4) is 0 Å². The molecule has 1 heterocycles. The van der Waals surface area contributed by atoms with Crippen molar-refractivity contribution in [2.45, 2.75) is 51.6 Å². The predicted molar refractivity (Wildman–Crippen MR) is 82.5 cm³/mol. The second-order valence-corrected chi connectivity index (χ2v) is 6.76. The third kappa shape index (κ3) is 3.15. The van der Waals surface area contributed by atoms with Crippen molar-refractivity contribution in [2.24, 2.45) is 5.92 Å². The summed E-state index contributed by atoms with van der Waals surface area (Å²) >= 11 is 1.81. The minimum atomic E-state index is 0.618. The average Bonchev–Trinajstić information content (AvgIpc) is 2.88. The molecule has 1 unspecified atom stereocenters. The number of para-hydroxylation sites is 1. The Kier molecular flexibility index (Phi) is 4.14. The van der Waals surface area contributed by atoms with Crippen LogP contribution in [0.2, 0.25) is 0 Å². The van der Waals surface area contributed by atoms with E-state index in [0.717, 1.165) is 18.0 Å². The van der Waals surface area contributed by atoms with Gasteiger partial charge >= 0.3 is 0 Å². The molecule has 3 rings (SSSR count). The molecule has 0 amide bonds. The molecule has 1 aliphatic carbocycles. The van der Waals surface area contributed by atoms with Gasteiger partial charge in [0, 0.05) is 12.6 Å². The van der Waals surface area contributed by atoms with E-state index in [9.17, 15) is 0 Å². The van der Waals surface area contributed by atoms with E-state index in [1.54, 1.807) is 0 Å². The standard InChI is InChI=1S/C16H22N2S/c1-12(13-7-3-2-4-8-13)17-11-16-18-14-9-5-6-10-15(14)19-16/h5-6,9-10,12-13,17H,2-4,7-8,11H2,1H3. The molecular weight excluding hydrogens is 252 g/mol. The Morgan fingerprint density at radius 2 is 2.05 bits per heavy atom. The van der Waals surface area contributed by atoms with Crippen molar-refractivity contribution in [3.05, 3.63) is 29.3 Å². The van der Waals surface area contributed by atoms with Crippen molar-refractivity contribution in [1.82, 2.24) is 10.3 Å². The number of nitrogens with one attached hydrogen (secondary N) is 1. The lowest BCUT2D eigenvalue weighted by Gasteiger charge is -2.28. The van der Waals surface area contributed by atoms with Gasteiger partial charge in [0.15, 0.2) is 0 Å². The third-order valence-electron chi connectivity index (χ3n) is 4.27. The molecule has 1 aliphatic rings. The van der Waals surface area contributed by atoms with Crippen molar-refractivity contribution in [3.63, 3.8) is 0 Å². The summed E-state index contributed by atoms with van der Waals surface area (Å²) in [6.07, 6.45) is 7.05. The van der Waals surface area contributed by atoms with Crippen LogP contribution in [0.15, 0.2) is 24.3 Å². The molecule has 1 N–H and O–H groups in total. The molecule has 2 aromatic rings. The maximum absolute atomic E-state index is 4.69. The van der Waals surface area contributed by atoms with Crippen LogP contribution in [0.4, 0.5) is 0 Å². The third-order valence-corrected chi connectivity index (χ3v) is 5.31. The van der Waals surface area contributed by atoms with Gasteiger partial charge in [0.1, 0.15) is 5.01 Å². The zero-order valence-corrected chi connectivity index (χ0v) is 12.4. The number of aromatic nitrogens is 1. The van der Waals surface area contributed by atoms with Crippen LogP contribution in [0, 0.1) is 5.92 Å². The summed E-state index contributed by atoms with van der Waals surface area (Å²) < 4.78 is 1.30. The van der Waals surface area contributed by atoms with Gasteiger partial charge in [-0.2, -0.15) is 0 Å². The van der Waals surface area contributed by atoms with Gasteiger partial charge in [-0.3, -0.25) is 0 Å². The van der Waals surface area contributed by atoms with Gasteiger partial charge in [-0.1, -0.05) is 31.4 Å². The minimum absolute atomic E-state index is 0.618. The molecule has 1 aromatic carbocycles. The average molecular weight is 274 g/mol. The van der Waals surface area contributed by atoms with E-state index < -0.39 is 0 Å². The zero-order chi connectivity index (χ0) is 13.1. The Morgan fingerprint density at radius 3 is 2.84 bits per heavy atom. The highest BCUT2D eigenvalue weighted by atomic mass is 32.1. The van der Waals surface area contributed by atoms with Gasteiger partial charge in [-0.15, -0.1) is 11.3 Å². The van der Waals surface area contributed by atoms with Gasteiger partial charge < -0.3 is 5.32 Å². The second-order valence-electron chi connectivity index (χ2n) is 5.64. The summed E-state index contributed by atoms with van der Waals surface area (Å²) in [5.41, 5.74) is 1.13. The molecule has 0 aliphatic heterocycles. The summed E-state index contributed by atoms with van der Waals surface area (Å²) in [5.74, 6) is 0.864. The molecule has 2 nitrogen and oxygen atoms in total. The van der Waals surface area contributed by atoms with Gasteiger partial charge in [0.2, 0.25) is 0 Å². The number of thiazole rings is 1. The Hall–Kier alpha value is -0.930. The van der Waals surface area contributed by atoms with Gasteiger partial charge in [0.05, 0.1) is 10.2 Å². The quantitative estimate of drug-likeness (QED) is 0.896. The first-order valence-electron chi connectivity index (χ1n) is 7.41. The monoisotopic (exact) mass is 274 g/mol. The second kappa shape index (κ2) is 6.02. The van der Waals surface area contributed by atoms with Crippen molar-refractivity contribution in [1.29, 1.82) is 0 Å². The topological polar surface area (TPSA) is 24.9 Å². The molecule has 102 valence electrons. The summed E-state index contributed by atoms with van der Waals surface area (Å²) in [5, 5.41) is 4.89. The number of hydrogen-bond donors (Lipinski definition) is 1. The van der Waals surface area contributed by atoms with Crippen LogP contribution >= 0.6 is 11.3 Å². The SMILES string of the molecule is CC(NCc1nc2ccccc2s1)C1CCCCC1. The van der Waals surface area contributed by atoms with Crippen LogP contribution in [-0.4, -0.2) is 11.0 Å². The molecule has 1 saturated carbocycles. The minimum Gasteiger partial charge on any atom is -0.308 e. The van der Waals surface area contributed by atoms with E-state index in [4.69, 9.17) is 0 Å². The van der Waals surface area contributed by atoms with E-state index in [1.807, 2.05) is 11.3 Å². The zero-order valence-electron chi connectivity index (χ0n) is 11.6. The highest BCUT2D eigenvalue weighted by molar-refractivity contribution is 7.18. The summed E-state index contributed by atoms with van der Waals surface area (Å²) in [4.78, 5) is 4.69. The lowest BCUT2D eigenvalue weighted by atomic mass is 9.84. The van der Waals surface area contributed by atoms with Crippen molar-refractivity contribution < 1.29 is 0 Å².